The number of carbonyl (C=O) groups is 1. The molecule has 0 heterocycles. The average molecular weight is 326 g/mol. The third-order valence-corrected chi connectivity index (χ3v) is 4.29. The van der Waals surface area contributed by atoms with Crippen molar-refractivity contribution in [3.63, 3.8) is 0 Å². The van der Waals surface area contributed by atoms with E-state index in [1.165, 1.54) is 5.56 Å². The summed E-state index contributed by atoms with van der Waals surface area (Å²) in [6.07, 6.45) is 2.07. The molecule has 0 saturated heterocycles. The summed E-state index contributed by atoms with van der Waals surface area (Å²) in [4.78, 5) is 11.7. The highest BCUT2D eigenvalue weighted by molar-refractivity contribution is 5.72. The van der Waals surface area contributed by atoms with Gasteiger partial charge in [-0.05, 0) is 48.1 Å². The first-order valence-corrected chi connectivity index (χ1v) is 8.50. The minimum atomic E-state index is -0.232. The molecule has 0 fully saturated rings. The number of esters is 1. The smallest absolute Gasteiger partial charge is 0.311 e. The molecule has 0 aromatic heterocycles. The molecule has 3 nitrogen and oxygen atoms in total. The lowest BCUT2D eigenvalue weighted by molar-refractivity contribution is -0.134. The number of hydrogen-bond acceptors (Lipinski definition) is 3. The molecule has 0 bridgehead atoms. The van der Waals surface area contributed by atoms with Crippen LogP contribution in [0, 0.1) is 0 Å². The van der Waals surface area contributed by atoms with Crippen molar-refractivity contribution in [2.24, 2.45) is 0 Å². The first-order chi connectivity index (χ1) is 11.5. The van der Waals surface area contributed by atoms with E-state index in [1.807, 2.05) is 30.3 Å². The zero-order valence-corrected chi connectivity index (χ0v) is 14.7. The number of para-hydroxylation sites is 1. The van der Waals surface area contributed by atoms with Gasteiger partial charge in [0.25, 0.3) is 0 Å². The van der Waals surface area contributed by atoms with Crippen LogP contribution in [0.15, 0.2) is 54.6 Å². The Morgan fingerprint density at radius 1 is 0.958 bits per heavy atom. The predicted molar refractivity (Wildman–Crippen MR) is 96.6 cm³/mol. The molecule has 24 heavy (non-hydrogen) atoms. The molecule has 0 aliphatic rings. The van der Waals surface area contributed by atoms with E-state index in [9.17, 15) is 4.79 Å². The molecule has 0 unspecified atom stereocenters. The quantitative estimate of drug-likeness (QED) is 0.383. The minimum absolute atomic E-state index is 0.180. The lowest BCUT2D eigenvalue weighted by Crippen LogP contribution is -2.15. The van der Waals surface area contributed by atoms with Crippen molar-refractivity contribution in [2.45, 2.75) is 45.4 Å². The summed E-state index contributed by atoms with van der Waals surface area (Å²) in [7, 11) is 0. The van der Waals surface area contributed by atoms with Gasteiger partial charge in [0.2, 0.25) is 0 Å². The molecular formula is C21H26O3. The van der Waals surface area contributed by atoms with Gasteiger partial charge in [-0.3, -0.25) is 4.79 Å². The first kappa shape index (κ1) is 18.1. The molecule has 2 aromatic carbocycles. The fraction of sp³-hybridized carbons (Fsp3) is 0.381. The maximum absolute atomic E-state index is 11.7. The minimum Gasteiger partial charge on any atom is -0.494 e. The van der Waals surface area contributed by atoms with Gasteiger partial charge >= 0.3 is 5.97 Å². The van der Waals surface area contributed by atoms with Gasteiger partial charge in [-0.1, -0.05) is 51.1 Å². The molecule has 0 amide bonds. The molecule has 3 heteroatoms. The standard InChI is InChI=1S/C21H26O3/c1-4-21(2,3)17-12-14-18(15-13-17)23-16-8-11-20(22)24-19-9-6-5-7-10-19/h5-7,9-10,12-15H,4,8,11,16H2,1-3H3. The van der Waals surface area contributed by atoms with E-state index in [-0.39, 0.29) is 11.4 Å². The lowest BCUT2D eigenvalue weighted by Gasteiger charge is -2.23. The molecule has 0 aliphatic carbocycles. The van der Waals surface area contributed by atoms with Crippen LogP contribution < -0.4 is 9.47 Å². The lowest BCUT2D eigenvalue weighted by atomic mass is 9.82. The monoisotopic (exact) mass is 326 g/mol. The highest BCUT2D eigenvalue weighted by Gasteiger charge is 2.17. The van der Waals surface area contributed by atoms with Gasteiger partial charge in [0.05, 0.1) is 6.61 Å². The fourth-order valence-corrected chi connectivity index (χ4v) is 2.28. The number of carbonyl (C=O) groups excluding carboxylic acids is 1. The van der Waals surface area contributed by atoms with Gasteiger partial charge < -0.3 is 9.47 Å². The number of benzene rings is 2. The Labute approximate surface area is 144 Å². The highest BCUT2D eigenvalue weighted by Crippen LogP contribution is 2.28. The highest BCUT2D eigenvalue weighted by atomic mass is 16.5. The second-order valence-corrected chi connectivity index (χ2v) is 6.50. The van der Waals surface area contributed by atoms with Crippen LogP contribution in [0.3, 0.4) is 0 Å². The summed E-state index contributed by atoms with van der Waals surface area (Å²) in [6.45, 7) is 7.17. The summed E-state index contributed by atoms with van der Waals surface area (Å²) in [5.41, 5.74) is 1.49. The van der Waals surface area contributed by atoms with Crippen molar-refractivity contribution in [1.29, 1.82) is 0 Å². The number of ether oxygens (including phenoxy) is 2. The van der Waals surface area contributed by atoms with Gasteiger partial charge in [-0.15, -0.1) is 0 Å². The molecule has 2 rings (SSSR count). The zero-order chi connectivity index (χ0) is 17.4. The van der Waals surface area contributed by atoms with Crippen LogP contribution in [0.25, 0.3) is 0 Å². The van der Waals surface area contributed by atoms with E-state index >= 15 is 0 Å². The summed E-state index contributed by atoms with van der Waals surface area (Å²) >= 11 is 0. The third-order valence-electron chi connectivity index (χ3n) is 4.29. The number of rotatable bonds is 8. The molecule has 2 aromatic rings. The summed E-state index contributed by atoms with van der Waals surface area (Å²) in [6, 6.07) is 17.3. The molecule has 0 atom stereocenters. The number of hydrogen-bond donors (Lipinski definition) is 0. The molecule has 0 spiro atoms. The molecule has 0 aliphatic heterocycles. The van der Waals surface area contributed by atoms with Gasteiger partial charge in [-0.2, -0.15) is 0 Å². The SMILES string of the molecule is CCC(C)(C)c1ccc(OCCCC(=O)Oc2ccccc2)cc1. The maximum atomic E-state index is 11.7. The topological polar surface area (TPSA) is 35.5 Å². The normalized spacial score (nSPS) is 11.1. The molecule has 128 valence electrons. The summed E-state index contributed by atoms with van der Waals surface area (Å²) < 4.78 is 10.9. The van der Waals surface area contributed by atoms with Crippen LogP contribution in [-0.4, -0.2) is 12.6 Å². The van der Waals surface area contributed by atoms with Crippen molar-refractivity contribution in [1.82, 2.24) is 0 Å². The Hall–Kier alpha value is -2.29. The fourth-order valence-electron chi connectivity index (χ4n) is 2.28. The van der Waals surface area contributed by atoms with Gasteiger partial charge in [0, 0.05) is 6.42 Å². The van der Waals surface area contributed by atoms with Gasteiger partial charge in [-0.25, -0.2) is 0 Å². The van der Waals surface area contributed by atoms with Crippen molar-refractivity contribution >= 4 is 5.97 Å². The Balaban J connectivity index is 1.71. The van der Waals surface area contributed by atoms with E-state index < -0.39 is 0 Å². The van der Waals surface area contributed by atoms with Crippen LogP contribution in [0.4, 0.5) is 0 Å². The Morgan fingerprint density at radius 3 is 2.25 bits per heavy atom. The molecule has 0 radical (unpaired) electrons. The summed E-state index contributed by atoms with van der Waals surface area (Å²) in [5, 5.41) is 0. The Bertz CT molecular complexity index is 630. The Morgan fingerprint density at radius 2 is 1.62 bits per heavy atom. The first-order valence-electron chi connectivity index (χ1n) is 8.50. The van der Waals surface area contributed by atoms with Gasteiger partial charge in [0.15, 0.2) is 0 Å². The molecule has 0 saturated carbocycles. The molecular weight excluding hydrogens is 300 g/mol. The second kappa shape index (κ2) is 8.53. The largest absolute Gasteiger partial charge is 0.494 e. The van der Waals surface area contributed by atoms with Crippen molar-refractivity contribution in [3.05, 3.63) is 60.2 Å². The van der Waals surface area contributed by atoms with Crippen LogP contribution in [0.1, 0.15) is 45.6 Å². The van der Waals surface area contributed by atoms with E-state index in [4.69, 9.17) is 9.47 Å². The zero-order valence-electron chi connectivity index (χ0n) is 14.7. The van der Waals surface area contributed by atoms with E-state index in [0.717, 1.165) is 12.2 Å². The maximum Gasteiger partial charge on any atom is 0.311 e. The van der Waals surface area contributed by atoms with Gasteiger partial charge in [0.1, 0.15) is 11.5 Å². The summed E-state index contributed by atoms with van der Waals surface area (Å²) in [5.74, 6) is 1.18. The Kier molecular flexibility index (Phi) is 6.42. The van der Waals surface area contributed by atoms with E-state index in [2.05, 4.69) is 32.9 Å². The average Bonchev–Trinajstić information content (AvgIpc) is 2.60. The van der Waals surface area contributed by atoms with Crippen molar-refractivity contribution < 1.29 is 14.3 Å². The predicted octanol–water partition coefficient (Wildman–Crippen LogP) is 5.14. The van der Waals surface area contributed by atoms with E-state index in [1.54, 1.807) is 12.1 Å². The van der Waals surface area contributed by atoms with Crippen LogP contribution in [0.5, 0.6) is 11.5 Å². The van der Waals surface area contributed by atoms with Crippen LogP contribution in [0.2, 0.25) is 0 Å². The third kappa shape index (κ3) is 5.41. The van der Waals surface area contributed by atoms with Crippen LogP contribution >= 0.6 is 0 Å². The van der Waals surface area contributed by atoms with Crippen molar-refractivity contribution in [2.75, 3.05) is 6.61 Å². The van der Waals surface area contributed by atoms with Crippen molar-refractivity contribution in [3.8, 4) is 11.5 Å². The van der Waals surface area contributed by atoms with E-state index in [0.29, 0.717) is 25.2 Å². The molecule has 0 N–H and O–H groups in total. The van der Waals surface area contributed by atoms with Crippen LogP contribution in [-0.2, 0) is 10.2 Å². The second-order valence-electron chi connectivity index (χ2n) is 6.50.